The van der Waals surface area contributed by atoms with Crippen molar-refractivity contribution in [3.8, 4) is 11.5 Å². The lowest BCUT2D eigenvalue weighted by Crippen LogP contribution is -2.28. The number of hydrogen-bond donors (Lipinski definition) is 1. The Morgan fingerprint density at radius 3 is 2.53 bits per heavy atom. The fourth-order valence-corrected chi connectivity index (χ4v) is 2.13. The molecule has 0 fully saturated rings. The first-order valence-electron chi connectivity index (χ1n) is 7.09. The van der Waals surface area contributed by atoms with Gasteiger partial charge in [-0.2, -0.15) is 0 Å². The molecule has 106 valence electrons. The Bertz CT molecular complexity index is 442. The quantitative estimate of drug-likeness (QED) is 0.907. The van der Waals surface area contributed by atoms with E-state index in [1.54, 1.807) is 0 Å². The average molecular weight is 263 g/mol. The second-order valence-corrected chi connectivity index (χ2v) is 6.25. The third kappa shape index (κ3) is 3.03. The molecule has 0 bridgehead atoms. The molecule has 0 aromatic heterocycles. The fourth-order valence-electron chi connectivity index (χ4n) is 2.13. The van der Waals surface area contributed by atoms with Crippen LogP contribution in [0, 0.1) is 11.3 Å². The summed E-state index contributed by atoms with van der Waals surface area (Å²) in [7, 11) is 0. The Labute approximate surface area is 116 Å². The van der Waals surface area contributed by atoms with Gasteiger partial charge in [0.1, 0.15) is 0 Å². The highest BCUT2D eigenvalue weighted by Gasteiger charge is 2.27. The number of benzene rings is 1. The van der Waals surface area contributed by atoms with Gasteiger partial charge in [0.2, 0.25) is 0 Å². The minimum atomic E-state index is 0.00655. The van der Waals surface area contributed by atoms with E-state index in [9.17, 15) is 0 Å². The zero-order valence-electron chi connectivity index (χ0n) is 12.4. The smallest absolute Gasteiger partial charge is 0.161 e. The lowest BCUT2D eigenvalue weighted by Gasteiger charge is -2.31. The second kappa shape index (κ2) is 5.41. The van der Waals surface area contributed by atoms with Crippen LogP contribution < -0.4 is 15.2 Å². The number of ether oxygens (including phenoxy) is 2. The van der Waals surface area contributed by atoms with Crippen molar-refractivity contribution in [3.63, 3.8) is 0 Å². The third-order valence-corrected chi connectivity index (χ3v) is 4.13. The van der Waals surface area contributed by atoms with Gasteiger partial charge in [0.05, 0.1) is 13.2 Å². The van der Waals surface area contributed by atoms with Crippen molar-refractivity contribution in [2.45, 2.75) is 40.2 Å². The molecule has 19 heavy (non-hydrogen) atoms. The van der Waals surface area contributed by atoms with E-state index in [0.29, 0.717) is 19.1 Å². The van der Waals surface area contributed by atoms with E-state index in [1.807, 2.05) is 12.1 Å². The molecular formula is C16H25NO2. The number of fused-ring (bicyclic) bond motifs is 1. The minimum absolute atomic E-state index is 0.00655. The van der Waals surface area contributed by atoms with E-state index in [1.165, 1.54) is 0 Å². The van der Waals surface area contributed by atoms with Gasteiger partial charge in [0.25, 0.3) is 0 Å². The van der Waals surface area contributed by atoms with E-state index in [0.717, 1.165) is 23.5 Å². The Morgan fingerprint density at radius 1 is 1.26 bits per heavy atom. The van der Waals surface area contributed by atoms with Gasteiger partial charge >= 0.3 is 0 Å². The summed E-state index contributed by atoms with van der Waals surface area (Å²) in [5, 5.41) is 0. The number of nitrogens with two attached hydrogens (primary N) is 1. The molecule has 0 amide bonds. The third-order valence-electron chi connectivity index (χ3n) is 4.13. The van der Waals surface area contributed by atoms with Crippen LogP contribution in [0.5, 0.6) is 11.5 Å². The SMILES string of the molecule is CCC(C)(C)C(N)c1ccc2c(c1)OCC(C)CO2. The van der Waals surface area contributed by atoms with Crippen molar-refractivity contribution in [1.29, 1.82) is 0 Å². The van der Waals surface area contributed by atoms with E-state index >= 15 is 0 Å². The predicted octanol–water partition coefficient (Wildman–Crippen LogP) is 3.53. The first kappa shape index (κ1) is 14.2. The van der Waals surface area contributed by atoms with E-state index in [2.05, 4.69) is 33.8 Å². The van der Waals surface area contributed by atoms with Crippen LogP contribution in [-0.2, 0) is 0 Å². The van der Waals surface area contributed by atoms with Crippen LogP contribution in [0.4, 0.5) is 0 Å². The highest BCUT2D eigenvalue weighted by Crippen LogP contribution is 2.38. The molecule has 1 aliphatic heterocycles. The standard InChI is InChI=1S/C16H25NO2/c1-5-16(3,4)15(17)12-6-7-13-14(8-12)19-10-11(2)9-18-13/h6-8,11,15H,5,9-10,17H2,1-4H3. The molecule has 0 aliphatic carbocycles. The summed E-state index contributed by atoms with van der Waals surface area (Å²) in [5.74, 6) is 2.07. The van der Waals surface area contributed by atoms with Crippen LogP contribution in [0.2, 0.25) is 0 Å². The van der Waals surface area contributed by atoms with Crippen molar-refractivity contribution < 1.29 is 9.47 Å². The Morgan fingerprint density at radius 2 is 1.89 bits per heavy atom. The van der Waals surface area contributed by atoms with Crippen molar-refractivity contribution >= 4 is 0 Å². The summed E-state index contributed by atoms with van der Waals surface area (Å²) in [6.45, 7) is 10.1. The van der Waals surface area contributed by atoms with Gasteiger partial charge in [0, 0.05) is 12.0 Å². The highest BCUT2D eigenvalue weighted by molar-refractivity contribution is 5.44. The topological polar surface area (TPSA) is 44.5 Å². The van der Waals surface area contributed by atoms with Crippen LogP contribution in [0.1, 0.15) is 45.7 Å². The van der Waals surface area contributed by atoms with Gasteiger partial charge in [-0.05, 0) is 29.5 Å². The fraction of sp³-hybridized carbons (Fsp3) is 0.625. The molecule has 2 rings (SSSR count). The highest BCUT2D eigenvalue weighted by atomic mass is 16.5. The van der Waals surface area contributed by atoms with Crippen LogP contribution in [0.15, 0.2) is 18.2 Å². The molecule has 1 aliphatic rings. The molecule has 0 spiro atoms. The van der Waals surface area contributed by atoms with Gasteiger partial charge in [0.15, 0.2) is 11.5 Å². The maximum atomic E-state index is 6.39. The van der Waals surface area contributed by atoms with Gasteiger partial charge in [-0.1, -0.05) is 33.8 Å². The van der Waals surface area contributed by atoms with Gasteiger partial charge < -0.3 is 15.2 Å². The second-order valence-electron chi connectivity index (χ2n) is 6.25. The monoisotopic (exact) mass is 263 g/mol. The van der Waals surface area contributed by atoms with Crippen molar-refractivity contribution in [1.82, 2.24) is 0 Å². The summed E-state index contributed by atoms with van der Waals surface area (Å²) < 4.78 is 11.6. The molecule has 2 N–H and O–H groups in total. The summed E-state index contributed by atoms with van der Waals surface area (Å²) in [6, 6.07) is 6.08. The van der Waals surface area contributed by atoms with Crippen molar-refractivity contribution in [2.75, 3.05) is 13.2 Å². The molecular weight excluding hydrogens is 238 g/mol. The molecule has 3 nitrogen and oxygen atoms in total. The molecule has 0 saturated heterocycles. The lowest BCUT2D eigenvalue weighted by molar-refractivity contribution is 0.228. The van der Waals surface area contributed by atoms with Crippen molar-refractivity contribution in [3.05, 3.63) is 23.8 Å². The van der Waals surface area contributed by atoms with Gasteiger partial charge in [-0.25, -0.2) is 0 Å². The molecule has 3 heteroatoms. The number of hydrogen-bond acceptors (Lipinski definition) is 3. The van der Waals surface area contributed by atoms with Gasteiger partial charge in [-0.3, -0.25) is 0 Å². The largest absolute Gasteiger partial charge is 0.489 e. The van der Waals surface area contributed by atoms with Crippen LogP contribution in [0.3, 0.4) is 0 Å². The first-order chi connectivity index (χ1) is 8.94. The van der Waals surface area contributed by atoms with E-state index < -0.39 is 0 Å². The average Bonchev–Trinajstić information content (AvgIpc) is 2.59. The van der Waals surface area contributed by atoms with Crippen LogP contribution >= 0.6 is 0 Å². The molecule has 1 aromatic carbocycles. The first-order valence-corrected chi connectivity index (χ1v) is 7.09. The molecule has 2 atom stereocenters. The van der Waals surface area contributed by atoms with Gasteiger partial charge in [-0.15, -0.1) is 0 Å². The Hall–Kier alpha value is -1.22. The normalized spacial score (nSPS) is 20.8. The zero-order valence-corrected chi connectivity index (χ0v) is 12.4. The van der Waals surface area contributed by atoms with Crippen LogP contribution in [0.25, 0.3) is 0 Å². The molecule has 0 radical (unpaired) electrons. The lowest BCUT2D eigenvalue weighted by atomic mass is 9.79. The summed E-state index contributed by atoms with van der Waals surface area (Å²) in [5.41, 5.74) is 7.58. The summed E-state index contributed by atoms with van der Waals surface area (Å²) >= 11 is 0. The van der Waals surface area contributed by atoms with Crippen molar-refractivity contribution in [2.24, 2.45) is 17.1 Å². The van der Waals surface area contributed by atoms with E-state index in [4.69, 9.17) is 15.2 Å². The predicted molar refractivity (Wildman–Crippen MR) is 77.6 cm³/mol. The zero-order chi connectivity index (χ0) is 14.0. The summed E-state index contributed by atoms with van der Waals surface area (Å²) in [4.78, 5) is 0. The molecule has 0 saturated carbocycles. The minimum Gasteiger partial charge on any atom is -0.489 e. The maximum absolute atomic E-state index is 6.39. The molecule has 1 heterocycles. The van der Waals surface area contributed by atoms with Crippen LogP contribution in [-0.4, -0.2) is 13.2 Å². The maximum Gasteiger partial charge on any atom is 0.161 e. The van der Waals surface area contributed by atoms with E-state index in [-0.39, 0.29) is 11.5 Å². The Balaban J connectivity index is 2.26. The number of rotatable bonds is 3. The Kier molecular flexibility index (Phi) is 4.04. The molecule has 1 aromatic rings. The summed E-state index contributed by atoms with van der Waals surface area (Å²) in [6.07, 6.45) is 1.04. The molecule has 2 unspecified atom stereocenters.